The quantitative estimate of drug-likeness (QED) is 0.380. The van der Waals surface area contributed by atoms with Gasteiger partial charge in [-0.05, 0) is 13.0 Å². The SMILES string of the molecule is NCC[C@H](N)C(=O)NCC(=O)O. The van der Waals surface area contributed by atoms with Crippen molar-refractivity contribution < 1.29 is 14.7 Å². The first-order valence-corrected chi connectivity index (χ1v) is 3.53. The fourth-order valence-electron chi connectivity index (χ4n) is 0.604. The zero-order chi connectivity index (χ0) is 9.56. The van der Waals surface area contributed by atoms with Crippen molar-refractivity contribution in [3.63, 3.8) is 0 Å². The first-order chi connectivity index (χ1) is 5.57. The summed E-state index contributed by atoms with van der Waals surface area (Å²) < 4.78 is 0. The molecule has 0 aromatic rings. The molecule has 0 heterocycles. The van der Waals surface area contributed by atoms with Crippen LogP contribution in [0.1, 0.15) is 6.42 Å². The van der Waals surface area contributed by atoms with Crippen molar-refractivity contribution in [1.29, 1.82) is 0 Å². The van der Waals surface area contributed by atoms with Crippen molar-refractivity contribution in [3.05, 3.63) is 0 Å². The lowest BCUT2D eigenvalue weighted by molar-refractivity contribution is -0.138. The second-order valence-corrected chi connectivity index (χ2v) is 2.30. The molecular formula is C6H13N3O3. The van der Waals surface area contributed by atoms with E-state index in [9.17, 15) is 9.59 Å². The number of hydrogen-bond acceptors (Lipinski definition) is 4. The molecule has 0 rings (SSSR count). The molecule has 0 unspecified atom stereocenters. The molecular weight excluding hydrogens is 162 g/mol. The van der Waals surface area contributed by atoms with E-state index in [1.807, 2.05) is 0 Å². The van der Waals surface area contributed by atoms with E-state index in [1.165, 1.54) is 0 Å². The topological polar surface area (TPSA) is 118 Å². The molecule has 0 radical (unpaired) electrons. The van der Waals surface area contributed by atoms with E-state index in [0.717, 1.165) is 0 Å². The van der Waals surface area contributed by atoms with Crippen LogP contribution in [0, 0.1) is 0 Å². The standard InChI is InChI=1S/C6H13N3O3/c7-2-1-4(8)6(12)9-3-5(10)11/h4H,1-3,7-8H2,(H,9,12)(H,10,11)/t4-/m0/s1. The van der Waals surface area contributed by atoms with Crippen LogP contribution in [0.4, 0.5) is 0 Å². The Morgan fingerprint density at radius 3 is 2.50 bits per heavy atom. The van der Waals surface area contributed by atoms with Crippen molar-refractivity contribution in [1.82, 2.24) is 5.32 Å². The third-order valence-corrected chi connectivity index (χ3v) is 1.23. The summed E-state index contributed by atoms with van der Waals surface area (Å²) in [5, 5.41) is 10.3. The number of carboxylic acid groups (broad SMARTS) is 1. The first-order valence-electron chi connectivity index (χ1n) is 3.53. The van der Waals surface area contributed by atoms with E-state index in [0.29, 0.717) is 13.0 Å². The van der Waals surface area contributed by atoms with Gasteiger partial charge in [0.25, 0.3) is 0 Å². The highest BCUT2D eigenvalue weighted by Crippen LogP contribution is 1.84. The Kier molecular flexibility index (Phi) is 4.98. The summed E-state index contributed by atoms with van der Waals surface area (Å²) in [6, 6.07) is -0.714. The number of aliphatic carboxylic acids is 1. The van der Waals surface area contributed by atoms with Gasteiger partial charge in [-0.3, -0.25) is 9.59 Å². The van der Waals surface area contributed by atoms with Gasteiger partial charge in [0.2, 0.25) is 5.91 Å². The van der Waals surface area contributed by atoms with E-state index in [1.54, 1.807) is 0 Å². The van der Waals surface area contributed by atoms with Gasteiger partial charge in [-0.2, -0.15) is 0 Å². The maximum absolute atomic E-state index is 10.9. The van der Waals surface area contributed by atoms with Crippen LogP contribution in [-0.4, -0.2) is 36.1 Å². The highest BCUT2D eigenvalue weighted by molar-refractivity contribution is 5.84. The van der Waals surface area contributed by atoms with Crippen molar-refractivity contribution in [2.75, 3.05) is 13.1 Å². The van der Waals surface area contributed by atoms with Gasteiger partial charge in [0.05, 0.1) is 6.04 Å². The predicted molar refractivity (Wildman–Crippen MR) is 42.3 cm³/mol. The van der Waals surface area contributed by atoms with Crippen LogP contribution >= 0.6 is 0 Å². The van der Waals surface area contributed by atoms with E-state index < -0.39 is 24.5 Å². The molecule has 1 atom stereocenters. The lowest BCUT2D eigenvalue weighted by Crippen LogP contribution is -2.43. The summed E-state index contributed by atoms with van der Waals surface area (Å²) in [6.07, 6.45) is 0.353. The largest absolute Gasteiger partial charge is 0.480 e. The zero-order valence-electron chi connectivity index (χ0n) is 6.62. The third-order valence-electron chi connectivity index (χ3n) is 1.23. The summed E-state index contributed by atoms with van der Waals surface area (Å²) in [5.41, 5.74) is 10.5. The highest BCUT2D eigenvalue weighted by Gasteiger charge is 2.12. The molecule has 0 bridgehead atoms. The van der Waals surface area contributed by atoms with E-state index in [-0.39, 0.29) is 0 Å². The van der Waals surface area contributed by atoms with E-state index >= 15 is 0 Å². The van der Waals surface area contributed by atoms with E-state index in [2.05, 4.69) is 5.32 Å². The van der Waals surface area contributed by atoms with Gasteiger partial charge in [-0.15, -0.1) is 0 Å². The van der Waals surface area contributed by atoms with E-state index in [4.69, 9.17) is 16.6 Å². The smallest absolute Gasteiger partial charge is 0.322 e. The fourth-order valence-corrected chi connectivity index (χ4v) is 0.604. The zero-order valence-corrected chi connectivity index (χ0v) is 6.62. The lowest BCUT2D eigenvalue weighted by atomic mass is 10.2. The average molecular weight is 175 g/mol. The Hall–Kier alpha value is -1.14. The molecule has 1 amide bonds. The summed E-state index contributed by atoms with van der Waals surface area (Å²) in [5.74, 6) is -1.58. The number of nitrogens with one attached hydrogen (secondary N) is 1. The molecule has 0 aliphatic heterocycles. The normalized spacial score (nSPS) is 12.2. The molecule has 0 saturated heterocycles. The Labute approximate surface area is 69.9 Å². The number of amides is 1. The monoisotopic (exact) mass is 175 g/mol. The fraction of sp³-hybridized carbons (Fsp3) is 0.667. The van der Waals surface area contributed by atoms with Gasteiger partial charge in [0.1, 0.15) is 6.54 Å². The summed E-state index contributed by atoms with van der Waals surface area (Å²) >= 11 is 0. The maximum Gasteiger partial charge on any atom is 0.322 e. The Balaban J connectivity index is 3.64. The molecule has 0 aliphatic carbocycles. The van der Waals surface area contributed by atoms with Gasteiger partial charge in [0.15, 0.2) is 0 Å². The molecule has 6 heteroatoms. The second kappa shape index (κ2) is 5.50. The van der Waals surface area contributed by atoms with Crippen LogP contribution in [0.2, 0.25) is 0 Å². The molecule has 70 valence electrons. The average Bonchev–Trinajstić information content (AvgIpc) is 2.00. The van der Waals surface area contributed by atoms with Crippen LogP contribution in [0.15, 0.2) is 0 Å². The van der Waals surface area contributed by atoms with Gasteiger partial charge in [-0.1, -0.05) is 0 Å². The Morgan fingerprint density at radius 1 is 1.50 bits per heavy atom. The molecule has 0 saturated carbocycles. The molecule has 6 N–H and O–H groups in total. The van der Waals surface area contributed by atoms with Crippen molar-refractivity contribution in [3.8, 4) is 0 Å². The molecule has 6 nitrogen and oxygen atoms in total. The Bertz CT molecular complexity index is 171. The van der Waals surface area contributed by atoms with Crippen molar-refractivity contribution >= 4 is 11.9 Å². The second-order valence-electron chi connectivity index (χ2n) is 2.30. The predicted octanol–water partition coefficient (Wildman–Crippen LogP) is -2.14. The van der Waals surface area contributed by atoms with Crippen LogP contribution in [0.3, 0.4) is 0 Å². The number of rotatable bonds is 5. The molecule has 0 spiro atoms. The molecule has 0 aromatic carbocycles. The minimum Gasteiger partial charge on any atom is -0.480 e. The number of carbonyl (C=O) groups excluding carboxylic acids is 1. The number of carbonyl (C=O) groups is 2. The summed E-state index contributed by atoms with van der Waals surface area (Å²) in [7, 11) is 0. The van der Waals surface area contributed by atoms with Gasteiger partial charge < -0.3 is 21.9 Å². The number of carboxylic acids is 1. The van der Waals surface area contributed by atoms with Gasteiger partial charge >= 0.3 is 5.97 Å². The first kappa shape index (κ1) is 10.9. The number of nitrogens with two attached hydrogens (primary N) is 2. The van der Waals surface area contributed by atoms with Crippen molar-refractivity contribution in [2.45, 2.75) is 12.5 Å². The maximum atomic E-state index is 10.9. The van der Waals surface area contributed by atoms with Crippen molar-refractivity contribution in [2.24, 2.45) is 11.5 Å². The van der Waals surface area contributed by atoms with Gasteiger partial charge in [0, 0.05) is 0 Å². The minimum atomic E-state index is -1.09. The summed E-state index contributed by atoms with van der Waals surface area (Å²) in [6.45, 7) is -0.0984. The summed E-state index contributed by atoms with van der Waals surface area (Å²) in [4.78, 5) is 20.9. The van der Waals surface area contributed by atoms with Gasteiger partial charge in [-0.25, -0.2) is 0 Å². The lowest BCUT2D eigenvalue weighted by Gasteiger charge is -2.08. The third kappa shape index (κ3) is 4.64. The Morgan fingerprint density at radius 2 is 2.08 bits per heavy atom. The van der Waals surface area contributed by atoms with Crippen LogP contribution < -0.4 is 16.8 Å². The molecule has 0 fully saturated rings. The van der Waals surface area contributed by atoms with Crippen LogP contribution in [0.5, 0.6) is 0 Å². The van der Waals surface area contributed by atoms with Crippen LogP contribution in [0.25, 0.3) is 0 Å². The molecule has 0 aromatic heterocycles. The highest BCUT2D eigenvalue weighted by atomic mass is 16.4. The molecule has 0 aliphatic rings. The molecule has 12 heavy (non-hydrogen) atoms. The van der Waals surface area contributed by atoms with Crippen LogP contribution in [-0.2, 0) is 9.59 Å². The number of hydrogen-bond donors (Lipinski definition) is 4. The minimum absolute atomic E-state index is 0.307.